The van der Waals surface area contributed by atoms with Gasteiger partial charge in [0.25, 0.3) is 0 Å². The van der Waals surface area contributed by atoms with Crippen molar-refractivity contribution in [1.29, 1.82) is 0 Å². The number of aromatic nitrogens is 2. The van der Waals surface area contributed by atoms with Crippen molar-refractivity contribution in [3.05, 3.63) is 94.2 Å². The predicted molar refractivity (Wildman–Crippen MR) is 95.3 cm³/mol. The minimum atomic E-state index is -0.0201. The van der Waals surface area contributed by atoms with Gasteiger partial charge in [-0.3, -0.25) is 9.48 Å². The van der Waals surface area contributed by atoms with E-state index < -0.39 is 0 Å². The van der Waals surface area contributed by atoms with Crippen LogP contribution < -0.4 is 0 Å². The number of halogens is 1. The van der Waals surface area contributed by atoms with Crippen molar-refractivity contribution in [2.45, 2.75) is 6.54 Å². The molecule has 0 fully saturated rings. The molecule has 0 saturated heterocycles. The van der Waals surface area contributed by atoms with Crippen LogP contribution >= 0.6 is 15.9 Å². The van der Waals surface area contributed by atoms with Crippen molar-refractivity contribution in [3.63, 3.8) is 0 Å². The summed E-state index contributed by atoms with van der Waals surface area (Å²) in [6, 6.07) is 17.5. The maximum absolute atomic E-state index is 12.1. The molecule has 0 unspecified atom stereocenters. The molecule has 114 valence electrons. The normalized spacial score (nSPS) is 11.0. The average Bonchev–Trinajstić information content (AvgIpc) is 3.02. The molecule has 0 atom stereocenters. The molecule has 0 bridgehead atoms. The van der Waals surface area contributed by atoms with Gasteiger partial charge in [-0.15, -0.1) is 0 Å². The largest absolute Gasteiger partial charge is 0.289 e. The fourth-order valence-corrected chi connectivity index (χ4v) is 2.47. The lowest BCUT2D eigenvalue weighted by molar-refractivity contribution is 0.104. The van der Waals surface area contributed by atoms with Gasteiger partial charge in [-0.1, -0.05) is 46.3 Å². The van der Waals surface area contributed by atoms with Gasteiger partial charge in [0, 0.05) is 21.8 Å². The first kappa shape index (κ1) is 15.4. The molecule has 2 aromatic carbocycles. The monoisotopic (exact) mass is 366 g/mol. The van der Waals surface area contributed by atoms with Crippen molar-refractivity contribution < 1.29 is 4.79 Å². The molecule has 23 heavy (non-hydrogen) atoms. The van der Waals surface area contributed by atoms with E-state index in [-0.39, 0.29) is 5.78 Å². The van der Waals surface area contributed by atoms with Crippen LogP contribution in [0, 0.1) is 0 Å². The van der Waals surface area contributed by atoms with Gasteiger partial charge in [-0.25, -0.2) is 0 Å². The maximum atomic E-state index is 12.1. The Kier molecular flexibility index (Phi) is 4.83. The van der Waals surface area contributed by atoms with Crippen LogP contribution in [-0.4, -0.2) is 15.6 Å². The molecule has 1 heterocycles. The number of allylic oxidation sites excluding steroid dienone is 1. The van der Waals surface area contributed by atoms with Crippen LogP contribution in [0.3, 0.4) is 0 Å². The molecule has 0 aliphatic rings. The van der Waals surface area contributed by atoms with E-state index in [4.69, 9.17) is 0 Å². The lowest BCUT2D eigenvalue weighted by Crippen LogP contribution is -1.99. The summed E-state index contributed by atoms with van der Waals surface area (Å²) < 4.78 is 2.82. The molecule has 3 rings (SSSR count). The minimum Gasteiger partial charge on any atom is -0.289 e. The summed E-state index contributed by atoms with van der Waals surface area (Å²) in [5, 5.41) is 4.32. The second-order valence-electron chi connectivity index (χ2n) is 5.16. The first-order valence-electron chi connectivity index (χ1n) is 7.25. The van der Waals surface area contributed by atoms with Gasteiger partial charge in [-0.2, -0.15) is 5.10 Å². The lowest BCUT2D eigenvalue weighted by atomic mass is 10.1. The minimum absolute atomic E-state index is 0.0201. The van der Waals surface area contributed by atoms with E-state index in [0.717, 1.165) is 16.6 Å². The van der Waals surface area contributed by atoms with Crippen LogP contribution in [0.25, 0.3) is 6.08 Å². The molecule has 0 N–H and O–H groups in total. The van der Waals surface area contributed by atoms with Crippen LogP contribution in [0.1, 0.15) is 21.5 Å². The Morgan fingerprint density at radius 3 is 2.57 bits per heavy atom. The molecule has 0 radical (unpaired) electrons. The summed E-state index contributed by atoms with van der Waals surface area (Å²) in [5.41, 5.74) is 2.77. The third-order valence-corrected chi connectivity index (χ3v) is 3.93. The van der Waals surface area contributed by atoms with Gasteiger partial charge in [-0.05, 0) is 42.0 Å². The summed E-state index contributed by atoms with van der Waals surface area (Å²) in [6.45, 7) is 0.718. The van der Waals surface area contributed by atoms with Crippen molar-refractivity contribution in [2.75, 3.05) is 0 Å². The Bertz CT molecular complexity index is 820. The zero-order valence-electron chi connectivity index (χ0n) is 12.4. The molecule has 0 aliphatic carbocycles. The molecular weight excluding hydrogens is 352 g/mol. The van der Waals surface area contributed by atoms with E-state index in [1.165, 1.54) is 5.56 Å². The molecule has 0 spiro atoms. The summed E-state index contributed by atoms with van der Waals surface area (Å²) in [4.78, 5) is 12.1. The van der Waals surface area contributed by atoms with Gasteiger partial charge in [0.1, 0.15) is 0 Å². The number of hydrogen-bond acceptors (Lipinski definition) is 2. The molecule has 0 amide bonds. The fourth-order valence-electron chi connectivity index (χ4n) is 2.20. The third kappa shape index (κ3) is 4.27. The third-order valence-electron chi connectivity index (χ3n) is 3.40. The molecule has 0 saturated carbocycles. The number of rotatable bonds is 5. The van der Waals surface area contributed by atoms with Crippen molar-refractivity contribution in [3.8, 4) is 0 Å². The summed E-state index contributed by atoms with van der Waals surface area (Å²) in [7, 11) is 0. The lowest BCUT2D eigenvalue weighted by Gasteiger charge is -2.00. The van der Waals surface area contributed by atoms with Crippen LogP contribution in [0.2, 0.25) is 0 Å². The molecule has 3 nitrogen and oxygen atoms in total. The highest BCUT2D eigenvalue weighted by molar-refractivity contribution is 9.10. The summed E-state index contributed by atoms with van der Waals surface area (Å²) in [6.07, 6.45) is 7.05. The van der Waals surface area contributed by atoms with E-state index in [0.29, 0.717) is 5.56 Å². The highest BCUT2D eigenvalue weighted by Gasteiger charge is 2.02. The molecule has 4 heteroatoms. The number of ketones is 1. The topological polar surface area (TPSA) is 34.9 Å². The Labute approximate surface area is 143 Å². The number of carbonyl (C=O) groups excluding carboxylic acids is 1. The van der Waals surface area contributed by atoms with E-state index >= 15 is 0 Å². The molecule has 1 aromatic heterocycles. The van der Waals surface area contributed by atoms with E-state index in [1.54, 1.807) is 30.5 Å². The fraction of sp³-hybridized carbons (Fsp3) is 0.0526. The number of benzene rings is 2. The van der Waals surface area contributed by atoms with Crippen molar-refractivity contribution in [1.82, 2.24) is 9.78 Å². The Balaban J connectivity index is 1.66. The van der Waals surface area contributed by atoms with Crippen molar-refractivity contribution >= 4 is 27.8 Å². The SMILES string of the molecule is O=C(C=Cc1cnn(Cc2ccccc2)c1)c1ccc(Br)cc1. The van der Waals surface area contributed by atoms with Crippen LogP contribution in [-0.2, 0) is 6.54 Å². The van der Waals surface area contributed by atoms with Crippen LogP contribution in [0.4, 0.5) is 0 Å². The highest BCUT2D eigenvalue weighted by Crippen LogP contribution is 2.12. The van der Waals surface area contributed by atoms with Gasteiger partial charge in [0.05, 0.1) is 12.7 Å². The Hall–Kier alpha value is -2.46. The van der Waals surface area contributed by atoms with E-state index in [9.17, 15) is 4.79 Å². The van der Waals surface area contributed by atoms with Gasteiger partial charge >= 0.3 is 0 Å². The number of nitrogens with zero attached hydrogens (tertiary/aromatic N) is 2. The number of hydrogen-bond donors (Lipinski definition) is 0. The van der Waals surface area contributed by atoms with Crippen LogP contribution in [0.5, 0.6) is 0 Å². The first-order valence-corrected chi connectivity index (χ1v) is 8.04. The van der Waals surface area contributed by atoms with Gasteiger partial charge in [0.15, 0.2) is 5.78 Å². The quantitative estimate of drug-likeness (QED) is 0.488. The maximum Gasteiger partial charge on any atom is 0.185 e. The van der Waals surface area contributed by atoms with Gasteiger partial charge in [0.2, 0.25) is 0 Å². The Morgan fingerprint density at radius 1 is 1.09 bits per heavy atom. The van der Waals surface area contributed by atoms with E-state index in [2.05, 4.69) is 33.2 Å². The second-order valence-corrected chi connectivity index (χ2v) is 6.08. The average molecular weight is 367 g/mol. The predicted octanol–water partition coefficient (Wildman–Crippen LogP) is 4.59. The smallest absolute Gasteiger partial charge is 0.185 e. The zero-order chi connectivity index (χ0) is 16.1. The van der Waals surface area contributed by atoms with Crippen LogP contribution in [0.15, 0.2) is 77.5 Å². The van der Waals surface area contributed by atoms with Gasteiger partial charge < -0.3 is 0 Å². The molecular formula is C19H15BrN2O. The zero-order valence-corrected chi connectivity index (χ0v) is 14.0. The second kappa shape index (κ2) is 7.20. The summed E-state index contributed by atoms with van der Waals surface area (Å²) in [5.74, 6) is -0.0201. The summed E-state index contributed by atoms with van der Waals surface area (Å²) >= 11 is 3.36. The first-order chi connectivity index (χ1) is 11.2. The molecule has 0 aliphatic heterocycles. The molecule has 3 aromatic rings. The Morgan fingerprint density at radius 2 is 1.83 bits per heavy atom. The van der Waals surface area contributed by atoms with Crippen molar-refractivity contribution in [2.24, 2.45) is 0 Å². The van der Waals surface area contributed by atoms with E-state index in [1.807, 2.05) is 41.2 Å². The number of carbonyl (C=O) groups is 1. The highest BCUT2D eigenvalue weighted by atomic mass is 79.9. The standard InChI is InChI=1S/C19H15BrN2O/c20-18-9-7-17(8-10-18)19(23)11-6-16-12-21-22(14-16)13-15-4-2-1-3-5-15/h1-12,14H,13H2.